The van der Waals surface area contributed by atoms with Crippen LogP contribution in [0.5, 0.6) is 0 Å². The van der Waals surface area contributed by atoms with Crippen molar-refractivity contribution in [1.82, 2.24) is 5.32 Å². The Morgan fingerprint density at radius 1 is 1.56 bits per heavy atom. The van der Waals surface area contributed by atoms with Gasteiger partial charge in [-0.3, -0.25) is 4.79 Å². The molecule has 1 amide bonds. The summed E-state index contributed by atoms with van der Waals surface area (Å²) in [5.41, 5.74) is 5.43. The summed E-state index contributed by atoms with van der Waals surface area (Å²) in [6.07, 6.45) is 0.889. The molecule has 1 saturated heterocycles. The first-order valence-corrected chi connectivity index (χ1v) is 5.86. The second kappa shape index (κ2) is 4.34. The molecule has 0 aromatic carbocycles. The normalized spacial score (nSPS) is 32.5. The third kappa shape index (κ3) is 2.74. The van der Waals surface area contributed by atoms with Gasteiger partial charge in [0.25, 0.3) is 0 Å². The highest BCUT2D eigenvalue weighted by Gasteiger charge is 2.40. The summed E-state index contributed by atoms with van der Waals surface area (Å²) in [6, 6.07) is -0.489. The molecule has 4 heteroatoms. The van der Waals surface area contributed by atoms with Gasteiger partial charge in [-0.25, -0.2) is 0 Å². The summed E-state index contributed by atoms with van der Waals surface area (Å²) in [5.74, 6) is -0.0904. The zero-order valence-electron chi connectivity index (χ0n) is 11.0. The SMILES string of the molecule is CC1OCCC1(C)NC(=O)[C@H](N)C(C)(C)C. The van der Waals surface area contributed by atoms with Crippen LogP contribution < -0.4 is 11.1 Å². The van der Waals surface area contributed by atoms with Crippen molar-refractivity contribution in [3.63, 3.8) is 0 Å². The second-order valence-corrected chi connectivity index (χ2v) is 6.01. The van der Waals surface area contributed by atoms with Gasteiger partial charge in [-0.1, -0.05) is 20.8 Å². The summed E-state index contributed by atoms with van der Waals surface area (Å²) >= 11 is 0. The van der Waals surface area contributed by atoms with E-state index in [0.717, 1.165) is 6.42 Å². The smallest absolute Gasteiger partial charge is 0.237 e. The number of carbonyl (C=O) groups is 1. The standard InChI is InChI=1S/C12H24N2O2/c1-8-12(5,6-7-16-8)14-10(15)9(13)11(2,3)4/h8-9H,6-7,13H2,1-5H3,(H,14,15)/t8?,9-,12?/m0/s1. The van der Waals surface area contributed by atoms with Gasteiger partial charge in [-0.15, -0.1) is 0 Å². The van der Waals surface area contributed by atoms with Crippen LogP contribution in [0.3, 0.4) is 0 Å². The van der Waals surface area contributed by atoms with E-state index < -0.39 is 6.04 Å². The lowest BCUT2D eigenvalue weighted by molar-refractivity contribution is -0.126. The molecule has 0 aliphatic carbocycles. The number of hydrogen-bond donors (Lipinski definition) is 2. The maximum Gasteiger partial charge on any atom is 0.237 e. The number of nitrogens with one attached hydrogen (secondary N) is 1. The van der Waals surface area contributed by atoms with E-state index in [9.17, 15) is 4.79 Å². The summed E-state index contributed by atoms with van der Waals surface area (Å²) in [5, 5.41) is 3.02. The fourth-order valence-electron chi connectivity index (χ4n) is 1.75. The van der Waals surface area contributed by atoms with Crippen LogP contribution in [0.1, 0.15) is 41.0 Å². The molecule has 2 unspecified atom stereocenters. The third-order valence-electron chi connectivity index (χ3n) is 3.51. The van der Waals surface area contributed by atoms with Gasteiger partial charge in [0.05, 0.1) is 17.7 Å². The van der Waals surface area contributed by atoms with E-state index >= 15 is 0 Å². The van der Waals surface area contributed by atoms with Crippen LogP contribution in [0.15, 0.2) is 0 Å². The van der Waals surface area contributed by atoms with Gasteiger partial charge in [-0.2, -0.15) is 0 Å². The van der Waals surface area contributed by atoms with Gasteiger partial charge >= 0.3 is 0 Å². The van der Waals surface area contributed by atoms with E-state index in [4.69, 9.17) is 10.5 Å². The molecule has 4 nitrogen and oxygen atoms in total. The Kier molecular flexibility index (Phi) is 3.65. The third-order valence-corrected chi connectivity index (χ3v) is 3.51. The molecule has 3 atom stereocenters. The van der Waals surface area contributed by atoms with Crippen molar-refractivity contribution in [2.45, 2.75) is 58.7 Å². The van der Waals surface area contributed by atoms with Crippen molar-refractivity contribution in [3.05, 3.63) is 0 Å². The molecule has 0 spiro atoms. The molecule has 1 aliphatic heterocycles. The fourth-order valence-corrected chi connectivity index (χ4v) is 1.75. The number of nitrogens with two attached hydrogens (primary N) is 1. The van der Waals surface area contributed by atoms with E-state index in [1.165, 1.54) is 0 Å². The Labute approximate surface area is 97.9 Å². The van der Waals surface area contributed by atoms with Crippen molar-refractivity contribution in [3.8, 4) is 0 Å². The summed E-state index contributed by atoms with van der Waals surface area (Å²) in [6.45, 7) is 10.6. The molecule has 1 fully saturated rings. The van der Waals surface area contributed by atoms with E-state index in [0.29, 0.717) is 6.61 Å². The first kappa shape index (κ1) is 13.5. The van der Waals surface area contributed by atoms with Crippen molar-refractivity contribution >= 4 is 5.91 Å². The molecule has 1 aliphatic rings. The van der Waals surface area contributed by atoms with Crippen molar-refractivity contribution < 1.29 is 9.53 Å². The molecular formula is C12H24N2O2. The molecule has 16 heavy (non-hydrogen) atoms. The largest absolute Gasteiger partial charge is 0.376 e. The van der Waals surface area contributed by atoms with E-state index in [1.807, 2.05) is 34.6 Å². The van der Waals surface area contributed by atoms with Crippen LogP contribution >= 0.6 is 0 Å². The van der Waals surface area contributed by atoms with E-state index in [-0.39, 0.29) is 23.0 Å². The second-order valence-electron chi connectivity index (χ2n) is 6.01. The predicted octanol–water partition coefficient (Wildman–Crippen LogP) is 1.04. The zero-order chi connectivity index (χ0) is 12.6. The Balaban J connectivity index is 2.64. The Morgan fingerprint density at radius 2 is 2.12 bits per heavy atom. The van der Waals surface area contributed by atoms with Gasteiger partial charge < -0.3 is 15.8 Å². The Bertz CT molecular complexity index is 273. The molecule has 0 radical (unpaired) electrons. The van der Waals surface area contributed by atoms with E-state index in [2.05, 4.69) is 5.32 Å². The van der Waals surface area contributed by atoms with Crippen LogP contribution in [0.4, 0.5) is 0 Å². The first-order valence-electron chi connectivity index (χ1n) is 5.86. The minimum atomic E-state index is -0.489. The topological polar surface area (TPSA) is 64.3 Å². The van der Waals surface area contributed by atoms with Crippen LogP contribution in [-0.2, 0) is 9.53 Å². The van der Waals surface area contributed by atoms with Crippen LogP contribution in [-0.4, -0.2) is 30.2 Å². The summed E-state index contributed by atoms with van der Waals surface area (Å²) < 4.78 is 5.48. The summed E-state index contributed by atoms with van der Waals surface area (Å²) in [7, 11) is 0. The zero-order valence-corrected chi connectivity index (χ0v) is 11.0. The van der Waals surface area contributed by atoms with Gasteiger partial charge in [0, 0.05) is 6.61 Å². The lowest BCUT2D eigenvalue weighted by Crippen LogP contribution is -2.58. The Morgan fingerprint density at radius 3 is 2.50 bits per heavy atom. The molecule has 0 aromatic rings. The van der Waals surface area contributed by atoms with Gasteiger partial charge in [0.15, 0.2) is 0 Å². The molecule has 94 valence electrons. The number of carbonyl (C=O) groups excluding carboxylic acids is 1. The van der Waals surface area contributed by atoms with Crippen molar-refractivity contribution in [2.24, 2.45) is 11.1 Å². The highest BCUT2D eigenvalue weighted by Crippen LogP contribution is 2.26. The quantitative estimate of drug-likeness (QED) is 0.742. The number of amides is 1. The minimum Gasteiger partial charge on any atom is -0.376 e. The predicted molar refractivity (Wildman–Crippen MR) is 64.0 cm³/mol. The minimum absolute atomic E-state index is 0.0450. The molecule has 0 bridgehead atoms. The molecule has 0 aromatic heterocycles. The lowest BCUT2D eigenvalue weighted by Gasteiger charge is -2.33. The molecule has 3 N–H and O–H groups in total. The summed E-state index contributed by atoms with van der Waals surface area (Å²) in [4.78, 5) is 12.0. The van der Waals surface area contributed by atoms with Crippen LogP contribution in [0.25, 0.3) is 0 Å². The van der Waals surface area contributed by atoms with Gasteiger partial charge in [0.1, 0.15) is 0 Å². The molecule has 0 saturated carbocycles. The highest BCUT2D eigenvalue weighted by atomic mass is 16.5. The molecule has 1 heterocycles. The molecular weight excluding hydrogens is 204 g/mol. The molecule has 1 rings (SSSR count). The lowest BCUT2D eigenvalue weighted by atomic mass is 9.85. The average Bonchev–Trinajstić information content (AvgIpc) is 2.44. The average molecular weight is 228 g/mol. The van der Waals surface area contributed by atoms with Gasteiger partial charge in [-0.05, 0) is 25.7 Å². The maximum absolute atomic E-state index is 12.0. The maximum atomic E-state index is 12.0. The number of ether oxygens (including phenoxy) is 1. The first-order chi connectivity index (χ1) is 7.17. The van der Waals surface area contributed by atoms with E-state index in [1.54, 1.807) is 0 Å². The van der Waals surface area contributed by atoms with Crippen LogP contribution in [0.2, 0.25) is 0 Å². The number of rotatable bonds is 2. The Hall–Kier alpha value is -0.610. The number of hydrogen-bond acceptors (Lipinski definition) is 3. The monoisotopic (exact) mass is 228 g/mol. The highest BCUT2D eigenvalue weighted by molar-refractivity contribution is 5.83. The van der Waals surface area contributed by atoms with Gasteiger partial charge in [0.2, 0.25) is 5.91 Å². The van der Waals surface area contributed by atoms with Crippen LogP contribution in [0, 0.1) is 5.41 Å². The van der Waals surface area contributed by atoms with Crippen molar-refractivity contribution in [1.29, 1.82) is 0 Å². The fraction of sp³-hybridized carbons (Fsp3) is 0.917. The van der Waals surface area contributed by atoms with Crippen molar-refractivity contribution in [2.75, 3.05) is 6.61 Å².